The maximum Gasteiger partial charge on any atom is 0.243 e. The molecule has 2 bridgehead atoms. The van der Waals surface area contributed by atoms with Crippen LogP contribution in [-0.2, 0) is 49.4 Å². The van der Waals surface area contributed by atoms with Crippen LogP contribution < -0.4 is 16.4 Å². The fraction of sp³-hybridized carbons (Fsp3) is 0.633. The molecule has 0 atom stereocenters. The van der Waals surface area contributed by atoms with Gasteiger partial charge < -0.3 is 33.2 Å². The first-order chi connectivity index (χ1) is 28.6. The molecule has 0 aliphatic carbocycles. The summed E-state index contributed by atoms with van der Waals surface area (Å²) in [6.45, 7) is 30.1. The van der Waals surface area contributed by atoms with Crippen LogP contribution in [-0.4, -0.2) is 200 Å². The quantitative estimate of drug-likeness (QED) is 0.309. The van der Waals surface area contributed by atoms with Gasteiger partial charge in [-0.15, -0.1) is 0 Å². The van der Waals surface area contributed by atoms with E-state index in [1.165, 1.54) is 46.2 Å². The number of fused-ring (bicyclic) bond motifs is 21. The van der Waals surface area contributed by atoms with E-state index in [9.17, 15) is 0 Å². The molecule has 4 saturated heterocycles. The van der Waals surface area contributed by atoms with Gasteiger partial charge in [0.25, 0.3) is 0 Å². The van der Waals surface area contributed by atoms with Gasteiger partial charge in [-0.1, -0.05) is 113 Å². The van der Waals surface area contributed by atoms with Gasteiger partial charge in [-0.3, -0.25) is 9.80 Å². The molecule has 10 rings (SSSR count). The predicted molar refractivity (Wildman–Crippen MR) is 244 cm³/mol. The Hall–Kier alpha value is -0.999. The zero-order valence-electron chi connectivity index (χ0n) is 38.1. The van der Waals surface area contributed by atoms with Crippen molar-refractivity contribution in [3.63, 3.8) is 0 Å². The number of benzene rings is 3. The van der Waals surface area contributed by atoms with E-state index in [0.29, 0.717) is 86.0 Å². The Bertz CT molecular complexity index is 1510. The van der Waals surface area contributed by atoms with Gasteiger partial charge in [0.15, 0.2) is 0 Å². The summed E-state index contributed by atoms with van der Waals surface area (Å²) in [7, 11) is 0. The minimum absolute atomic E-state index is 0. The fourth-order valence-electron chi connectivity index (χ4n) is 10.1. The van der Waals surface area contributed by atoms with E-state index < -0.39 is 0 Å². The number of hydrogen-bond donors (Lipinski definition) is 0. The SMILES string of the molecule is C1CCOC1.C1COCCN2CCOCCOCCN(CCO1)CCOCCOCC2.CC1(C)c2cccc3c2B2c4c1cccc4C(C)(C)c1cccc(c12)C3(C)C.[K]. The van der Waals surface area contributed by atoms with E-state index in [2.05, 4.69) is 106 Å². The third-order valence-electron chi connectivity index (χ3n) is 13.5. The van der Waals surface area contributed by atoms with Crippen molar-refractivity contribution in [1.29, 1.82) is 0 Å². The molecule has 3 aromatic carbocycles. The Balaban J connectivity index is 0.000000178. The Kier molecular flexibility index (Phi) is 18.4. The molecule has 7 heterocycles. The molecule has 0 aromatic heterocycles. The van der Waals surface area contributed by atoms with E-state index in [-0.39, 0.29) is 67.6 Å². The van der Waals surface area contributed by atoms with E-state index >= 15 is 0 Å². The summed E-state index contributed by atoms with van der Waals surface area (Å²) in [6.07, 6.45) is 2.56. The third kappa shape index (κ3) is 11.1. The van der Waals surface area contributed by atoms with Crippen molar-refractivity contribution in [3.05, 3.63) is 88.0 Å². The summed E-state index contributed by atoms with van der Waals surface area (Å²) in [6, 6.07) is 21.2. The van der Waals surface area contributed by atoms with Gasteiger partial charge in [0.1, 0.15) is 0 Å². The average Bonchev–Trinajstić information content (AvgIpc) is 3.83. The monoisotopic (exact) mass is 849 g/mol. The Morgan fingerprint density at radius 3 is 0.767 bits per heavy atom. The van der Waals surface area contributed by atoms with Crippen LogP contribution in [0.1, 0.15) is 87.8 Å². The second kappa shape index (κ2) is 22.8. The zero-order valence-corrected chi connectivity index (χ0v) is 41.2. The van der Waals surface area contributed by atoms with Gasteiger partial charge in [-0.25, -0.2) is 0 Å². The molecule has 323 valence electrons. The number of rotatable bonds is 0. The molecule has 0 N–H and O–H groups in total. The normalized spacial score (nSPS) is 24.8. The molecule has 0 unspecified atom stereocenters. The fourth-order valence-corrected chi connectivity index (χ4v) is 10.1. The predicted octanol–water partition coefficient (Wildman–Crippen LogP) is 4.25. The van der Waals surface area contributed by atoms with Gasteiger partial charge in [0, 0.05) is 120 Å². The first-order valence-corrected chi connectivity index (χ1v) is 22.5. The van der Waals surface area contributed by atoms with Crippen LogP contribution in [0.4, 0.5) is 0 Å². The smallest absolute Gasteiger partial charge is 0.243 e. The van der Waals surface area contributed by atoms with Gasteiger partial charge >= 0.3 is 0 Å². The second-order valence-electron chi connectivity index (χ2n) is 18.3. The van der Waals surface area contributed by atoms with Crippen molar-refractivity contribution in [2.24, 2.45) is 0 Å². The topological polar surface area (TPSA) is 71.1 Å². The van der Waals surface area contributed by atoms with Gasteiger partial charge in [0.2, 0.25) is 6.71 Å². The molecule has 0 spiro atoms. The second-order valence-corrected chi connectivity index (χ2v) is 18.3. The molecule has 9 nitrogen and oxygen atoms in total. The maximum absolute atomic E-state index is 5.70. The molecule has 7 aliphatic rings. The van der Waals surface area contributed by atoms with Gasteiger partial charge in [-0.05, 0) is 46.2 Å². The summed E-state index contributed by atoms with van der Waals surface area (Å²) in [4.78, 5) is 4.62. The van der Waals surface area contributed by atoms with E-state index in [0.717, 1.165) is 52.5 Å². The van der Waals surface area contributed by atoms with Gasteiger partial charge in [-0.2, -0.15) is 0 Å². The largest absolute Gasteiger partial charge is 0.381 e. The van der Waals surface area contributed by atoms with Crippen molar-refractivity contribution in [2.45, 2.75) is 70.6 Å². The van der Waals surface area contributed by atoms with Crippen LogP contribution in [0.25, 0.3) is 0 Å². The van der Waals surface area contributed by atoms with E-state index in [4.69, 9.17) is 33.2 Å². The number of hydrogen-bond acceptors (Lipinski definition) is 9. The Labute approximate surface area is 404 Å². The van der Waals surface area contributed by atoms with Crippen LogP contribution in [0.15, 0.2) is 54.6 Å². The molecule has 60 heavy (non-hydrogen) atoms. The van der Waals surface area contributed by atoms with Crippen LogP contribution >= 0.6 is 0 Å². The van der Waals surface area contributed by atoms with Gasteiger partial charge in [0.05, 0.1) is 79.3 Å². The molecule has 0 saturated carbocycles. The van der Waals surface area contributed by atoms with Crippen LogP contribution in [0, 0.1) is 0 Å². The third-order valence-corrected chi connectivity index (χ3v) is 13.5. The maximum atomic E-state index is 5.70. The molecule has 0 amide bonds. The van der Waals surface area contributed by atoms with Crippen LogP contribution in [0.5, 0.6) is 0 Å². The summed E-state index contributed by atoms with van der Waals surface area (Å²) in [5.74, 6) is 0. The van der Waals surface area contributed by atoms with Crippen molar-refractivity contribution < 1.29 is 33.2 Å². The molecule has 4 fully saturated rings. The zero-order chi connectivity index (χ0) is 41.3. The molecule has 1 radical (unpaired) electrons. The number of nitrogens with zero attached hydrogens (tertiary/aromatic N) is 2. The minimum atomic E-state index is 0. The summed E-state index contributed by atoms with van der Waals surface area (Å²) >= 11 is 0. The molecular formula is C49H71BKN2O7. The molecule has 7 aliphatic heterocycles. The average molecular weight is 850 g/mol. The molecular weight excluding hydrogens is 778 g/mol. The summed E-state index contributed by atoms with van der Waals surface area (Å²) in [5.41, 5.74) is 14.0. The van der Waals surface area contributed by atoms with Crippen molar-refractivity contribution in [2.75, 3.05) is 132 Å². The molecule has 11 heteroatoms. The van der Waals surface area contributed by atoms with Crippen molar-refractivity contribution in [1.82, 2.24) is 9.80 Å². The van der Waals surface area contributed by atoms with E-state index in [1.54, 1.807) is 16.4 Å². The minimum Gasteiger partial charge on any atom is -0.381 e. The first-order valence-electron chi connectivity index (χ1n) is 22.5. The van der Waals surface area contributed by atoms with Crippen molar-refractivity contribution in [3.8, 4) is 0 Å². The Morgan fingerprint density at radius 2 is 0.567 bits per heavy atom. The van der Waals surface area contributed by atoms with Crippen molar-refractivity contribution >= 4 is 74.5 Å². The van der Waals surface area contributed by atoms with Crippen LogP contribution in [0.2, 0.25) is 0 Å². The Morgan fingerprint density at radius 1 is 0.350 bits per heavy atom. The number of ether oxygens (including phenoxy) is 7. The summed E-state index contributed by atoms with van der Waals surface area (Å²) in [5, 5.41) is 0. The summed E-state index contributed by atoms with van der Waals surface area (Å²) < 4.78 is 39.1. The standard InChI is InChI=1S/C27H27B.C18H36N2O6.C4H8O.K/c1-25(2)16-10-7-12-18-22(16)28-23-17(25)11-8-13-19(23)27(5,6)21-15-9-14-20(24(21)28)26(18,3)4;1-7-21-13-14-24-10-4-20-5-11-25-17-15-22-8-2-19(1)3-9-23-16-18-26-12-6-20;1-2-4-5-3-1;/h7-15H,1-6H3;1-18H2;1-4H2;. The van der Waals surface area contributed by atoms with Crippen LogP contribution in [0.3, 0.4) is 0 Å². The molecule has 3 aromatic rings. The first kappa shape index (κ1) is 48.5. The van der Waals surface area contributed by atoms with E-state index in [1.807, 2.05) is 0 Å².